The van der Waals surface area contributed by atoms with E-state index in [0.29, 0.717) is 12.1 Å². The van der Waals surface area contributed by atoms with Gasteiger partial charge in [-0.25, -0.2) is 0 Å². The van der Waals surface area contributed by atoms with Gasteiger partial charge in [-0.3, -0.25) is 4.68 Å². The Morgan fingerprint density at radius 2 is 2.15 bits per heavy atom. The van der Waals surface area contributed by atoms with Crippen LogP contribution in [0.5, 0.6) is 0 Å². The fraction of sp³-hybridized carbons (Fsp3) is 0.812. The van der Waals surface area contributed by atoms with E-state index in [1.54, 1.807) is 7.11 Å². The molecular formula is C16H29N3O. The normalized spacial score (nSPS) is 19.9. The maximum Gasteiger partial charge on any atom is 0.0725 e. The summed E-state index contributed by atoms with van der Waals surface area (Å²) in [5, 5.41) is 8.16. The Labute approximate surface area is 122 Å². The summed E-state index contributed by atoms with van der Waals surface area (Å²) in [5.74, 6) is 0. The van der Waals surface area contributed by atoms with E-state index >= 15 is 0 Å². The zero-order chi connectivity index (χ0) is 14.4. The van der Waals surface area contributed by atoms with Gasteiger partial charge in [-0.15, -0.1) is 0 Å². The average molecular weight is 279 g/mol. The van der Waals surface area contributed by atoms with Crippen LogP contribution in [0, 0.1) is 0 Å². The van der Waals surface area contributed by atoms with Crippen molar-refractivity contribution in [3.63, 3.8) is 0 Å². The second-order valence-corrected chi connectivity index (χ2v) is 5.86. The van der Waals surface area contributed by atoms with Crippen LogP contribution >= 0.6 is 0 Å². The second kappa shape index (κ2) is 7.79. The molecule has 0 spiro atoms. The summed E-state index contributed by atoms with van der Waals surface area (Å²) in [6, 6.07) is 3.12. The summed E-state index contributed by atoms with van der Waals surface area (Å²) in [6.45, 7) is 2.17. The number of hydrogen-bond donors (Lipinski definition) is 1. The molecule has 1 aromatic rings. The first-order valence-electron chi connectivity index (χ1n) is 8.02. The largest absolute Gasteiger partial charge is 0.380 e. The number of nitrogens with zero attached hydrogens (tertiary/aromatic N) is 2. The Hall–Kier alpha value is -0.870. The highest BCUT2D eigenvalue weighted by molar-refractivity contribution is 5.03. The zero-order valence-electron chi connectivity index (χ0n) is 13.1. The molecule has 2 rings (SSSR count). The van der Waals surface area contributed by atoms with E-state index in [9.17, 15) is 0 Å². The van der Waals surface area contributed by atoms with Crippen LogP contribution in [0.15, 0.2) is 12.3 Å². The van der Waals surface area contributed by atoms with Gasteiger partial charge in [-0.1, -0.05) is 26.2 Å². The molecule has 1 aliphatic carbocycles. The Morgan fingerprint density at radius 3 is 2.75 bits per heavy atom. The van der Waals surface area contributed by atoms with Crippen LogP contribution in [-0.2, 0) is 11.2 Å². The van der Waals surface area contributed by atoms with E-state index < -0.39 is 0 Å². The van der Waals surface area contributed by atoms with Crippen molar-refractivity contribution < 1.29 is 4.74 Å². The lowest BCUT2D eigenvalue weighted by molar-refractivity contribution is 0.0674. The predicted octanol–water partition coefficient (Wildman–Crippen LogP) is 2.94. The molecule has 4 nitrogen and oxygen atoms in total. The maximum atomic E-state index is 5.55. The van der Waals surface area contributed by atoms with E-state index in [0.717, 1.165) is 12.8 Å². The molecule has 0 saturated heterocycles. The molecule has 1 heterocycles. The van der Waals surface area contributed by atoms with Gasteiger partial charge in [0.05, 0.1) is 17.8 Å². The van der Waals surface area contributed by atoms with Gasteiger partial charge in [-0.05, 0) is 32.4 Å². The number of likely N-dealkylation sites (N-methyl/N-ethyl adjacent to an activating group) is 1. The van der Waals surface area contributed by atoms with Gasteiger partial charge in [0.25, 0.3) is 0 Å². The Morgan fingerprint density at radius 1 is 1.40 bits per heavy atom. The highest BCUT2D eigenvalue weighted by Gasteiger charge is 2.21. The highest BCUT2D eigenvalue weighted by atomic mass is 16.5. The number of rotatable bonds is 7. The highest BCUT2D eigenvalue weighted by Crippen LogP contribution is 2.27. The molecule has 0 amide bonds. The Bertz CT molecular complexity index is 381. The molecule has 1 aromatic heterocycles. The first-order valence-corrected chi connectivity index (χ1v) is 8.02. The molecule has 2 unspecified atom stereocenters. The first kappa shape index (κ1) is 15.5. The average Bonchev–Trinajstić information content (AvgIpc) is 2.97. The summed E-state index contributed by atoms with van der Waals surface area (Å²) in [6.07, 6.45) is 11.0. The minimum Gasteiger partial charge on any atom is -0.380 e. The van der Waals surface area contributed by atoms with Crippen LogP contribution in [0.25, 0.3) is 0 Å². The van der Waals surface area contributed by atoms with Gasteiger partial charge in [0.15, 0.2) is 0 Å². The monoisotopic (exact) mass is 279 g/mol. The van der Waals surface area contributed by atoms with Crippen molar-refractivity contribution in [1.82, 2.24) is 15.1 Å². The number of hydrogen-bond acceptors (Lipinski definition) is 3. The van der Waals surface area contributed by atoms with Crippen LogP contribution in [0.3, 0.4) is 0 Å². The van der Waals surface area contributed by atoms with Crippen molar-refractivity contribution in [2.45, 2.75) is 70.1 Å². The van der Waals surface area contributed by atoms with E-state index in [4.69, 9.17) is 9.84 Å². The van der Waals surface area contributed by atoms with Crippen molar-refractivity contribution in [3.8, 4) is 0 Å². The third-order valence-corrected chi connectivity index (χ3v) is 4.57. The van der Waals surface area contributed by atoms with Crippen molar-refractivity contribution in [1.29, 1.82) is 0 Å². The summed E-state index contributed by atoms with van der Waals surface area (Å²) >= 11 is 0. The standard InChI is InChI=1S/C16H29N3O/c1-4-16(20-3)15(17-2)12-13-10-11-19(18-13)14-8-6-5-7-9-14/h10-11,14-17H,4-9,12H2,1-3H3. The van der Waals surface area contributed by atoms with Gasteiger partial charge in [-0.2, -0.15) is 5.10 Å². The summed E-state index contributed by atoms with van der Waals surface area (Å²) in [4.78, 5) is 0. The maximum absolute atomic E-state index is 5.55. The minimum absolute atomic E-state index is 0.250. The van der Waals surface area contributed by atoms with Crippen molar-refractivity contribution in [2.75, 3.05) is 14.2 Å². The van der Waals surface area contributed by atoms with Gasteiger partial charge in [0.2, 0.25) is 0 Å². The molecule has 4 heteroatoms. The van der Waals surface area contributed by atoms with E-state index in [1.165, 1.54) is 37.8 Å². The number of methoxy groups -OCH3 is 1. The fourth-order valence-corrected chi connectivity index (χ4v) is 3.30. The third-order valence-electron chi connectivity index (χ3n) is 4.57. The van der Waals surface area contributed by atoms with Crippen molar-refractivity contribution in [2.24, 2.45) is 0 Å². The molecule has 0 radical (unpaired) electrons. The molecule has 0 bridgehead atoms. The molecule has 0 aliphatic heterocycles. The molecule has 1 saturated carbocycles. The molecule has 114 valence electrons. The quantitative estimate of drug-likeness (QED) is 0.834. The zero-order valence-corrected chi connectivity index (χ0v) is 13.1. The molecular weight excluding hydrogens is 250 g/mol. The van der Waals surface area contributed by atoms with Crippen LogP contribution in [-0.4, -0.2) is 36.1 Å². The van der Waals surface area contributed by atoms with Gasteiger partial charge < -0.3 is 10.1 Å². The SMILES string of the molecule is CCC(OC)C(Cc1ccn(C2CCCCC2)n1)NC. The van der Waals surface area contributed by atoms with Crippen molar-refractivity contribution >= 4 is 0 Å². The van der Waals surface area contributed by atoms with E-state index in [1.807, 2.05) is 7.05 Å². The second-order valence-electron chi connectivity index (χ2n) is 5.86. The molecule has 20 heavy (non-hydrogen) atoms. The van der Waals surface area contributed by atoms with Crippen LogP contribution in [0.4, 0.5) is 0 Å². The fourth-order valence-electron chi connectivity index (χ4n) is 3.30. The van der Waals surface area contributed by atoms with Crippen LogP contribution < -0.4 is 5.32 Å². The predicted molar refractivity (Wildman–Crippen MR) is 82.0 cm³/mol. The minimum atomic E-state index is 0.250. The van der Waals surface area contributed by atoms with Crippen LogP contribution in [0.1, 0.15) is 57.2 Å². The van der Waals surface area contributed by atoms with E-state index in [-0.39, 0.29) is 6.10 Å². The smallest absolute Gasteiger partial charge is 0.0725 e. The summed E-state index contributed by atoms with van der Waals surface area (Å²) in [7, 11) is 3.80. The topological polar surface area (TPSA) is 39.1 Å². The van der Waals surface area contributed by atoms with E-state index in [2.05, 4.69) is 29.2 Å². The molecule has 1 N–H and O–H groups in total. The van der Waals surface area contributed by atoms with Crippen molar-refractivity contribution in [3.05, 3.63) is 18.0 Å². The Balaban J connectivity index is 1.97. The lowest BCUT2D eigenvalue weighted by atomic mass is 9.96. The third kappa shape index (κ3) is 3.83. The molecule has 1 fully saturated rings. The number of aromatic nitrogens is 2. The lowest BCUT2D eigenvalue weighted by Crippen LogP contribution is -2.40. The number of nitrogens with one attached hydrogen (secondary N) is 1. The van der Waals surface area contributed by atoms with Gasteiger partial charge >= 0.3 is 0 Å². The van der Waals surface area contributed by atoms with Gasteiger partial charge in [0, 0.05) is 25.8 Å². The Kier molecular flexibility index (Phi) is 6.05. The molecule has 2 atom stereocenters. The molecule has 1 aliphatic rings. The van der Waals surface area contributed by atoms with Crippen LogP contribution in [0.2, 0.25) is 0 Å². The summed E-state index contributed by atoms with van der Waals surface area (Å²) in [5.41, 5.74) is 1.17. The molecule has 0 aromatic carbocycles. The summed E-state index contributed by atoms with van der Waals surface area (Å²) < 4.78 is 7.74. The number of ether oxygens (including phenoxy) is 1. The first-order chi connectivity index (χ1) is 9.78. The lowest BCUT2D eigenvalue weighted by Gasteiger charge is -2.24. The van der Waals surface area contributed by atoms with Gasteiger partial charge in [0.1, 0.15) is 0 Å².